The van der Waals surface area contributed by atoms with Crippen molar-refractivity contribution in [2.24, 2.45) is 0 Å². The standard InChI is InChI=1S/C35H43N3O8/c1-8-10-27(39)43-16-26-29-22(32(42-11-9-2)20(4)33-35(29)46-18-45-33)14-24-30-28-21(13-23(37(30)5)25(15-36)38(24)26)12-19(3)31(41-7)34(28)44-17-40-6/h9,12,23-26,30H,2,8,10-11,13-14,16-18H2,1,3-7H3/t23-,24?,25-,26-,30-/m0/s1. The highest BCUT2D eigenvalue weighted by molar-refractivity contribution is 5.70. The number of aryl methyl sites for hydroxylation is 1. The van der Waals surface area contributed by atoms with Gasteiger partial charge >= 0.3 is 5.97 Å². The first kappa shape index (κ1) is 32.0. The zero-order chi connectivity index (χ0) is 32.7. The molecule has 11 nitrogen and oxygen atoms in total. The number of benzene rings is 2. The third-order valence-electron chi connectivity index (χ3n) is 9.77. The highest BCUT2D eigenvalue weighted by Crippen LogP contribution is 2.58. The minimum atomic E-state index is -0.509. The van der Waals surface area contributed by atoms with E-state index in [1.54, 1.807) is 20.3 Å². The Labute approximate surface area is 270 Å². The molecule has 0 aliphatic carbocycles. The van der Waals surface area contributed by atoms with Crippen LogP contribution in [0.4, 0.5) is 0 Å². The van der Waals surface area contributed by atoms with Gasteiger partial charge in [0.2, 0.25) is 6.79 Å². The quantitative estimate of drug-likeness (QED) is 0.195. The van der Waals surface area contributed by atoms with E-state index in [1.165, 1.54) is 0 Å². The van der Waals surface area contributed by atoms with Crippen molar-refractivity contribution < 1.29 is 38.0 Å². The van der Waals surface area contributed by atoms with Gasteiger partial charge < -0.3 is 33.2 Å². The Morgan fingerprint density at radius 1 is 1.11 bits per heavy atom. The van der Waals surface area contributed by atoms with Crippen LogP contribution in [0.3, 0.4) is 0 Å². The van der Waals surface area contributed by atoms with E-state index in [-0.39, 0.29) is 44.3 Å². The average Bonchev–Trinajstić information content (AvgIpc) is 3.53. The molecule has 0 aromatic heterocycles. The lowest BCUT2D eigenvalue weighted by Gasteiger charge is -2.60. The summed E-state index contributed by atoms with van der Waals surface area (Å²) in [7, 11) is 5.32. The summed E-state index contributed by atoms with van der Waals surface area (Å²) in [6, 6.07) is 3.26. The summed E-state index contributed by atoms with van der Waals surface area (Å²) in [6.07, 6.45) is 3.87. The fraction of sp³-hybridized carbons (Fsp3) is 0.543. The number of rotatable bonds is 11. The molecule has 1 fully saturated rings. The Hall–Kier alpha value is -3.98. The monoisotopic (exact) mass is 633 g/mol. The number of methoxy groups -OCH3 is 2. The number of hydrogen-bond donors (Lipinski definition) is 0. The molecule has 5 atom stereocenters. The summed E-state index contributed by atoms with van der Waals surface area (Å²) < 4.78 is 42.0. The molecule has 4 aliphatic heterocycles. The number of ether oxygens (including phenoxy) is 7. The van der Waals surface area contributed by atoms with Gasteiger partial charge in [-0.05, 0) is 51.3 Å². The van der Waals surface area contributed by atoms with E-state index >= 15 is 0 Å². The van der Waals surface area contributed by atoms with Gasteiger partial charge in [-0.2, -0.15) is 5.26 Å². The molecule has 4 heterocycles. The Kier molecular flexibility index (Phi) is 9.06. The lowest BCUT2D eigenvalue weighted by molar-refractivity contribution is -0.149. The van der Waals surface area contributed by atoms with Gasteiger partial charge in [0, 0.05) is 47.9 Å². The molecule has 11 heteroatoms. The predicted molar refractivity (Wildman–Crippen MR) is 169 cm³/mol. The van der Waals surface area contributed by atoms with Crippen molar-refractivity contribution in [3.8, 4) is 34.8 Å². The third-order valence-corrected chi connectivity index (χ3v) is 9.77. The zero-order valence-electron chi connectivity index (χ0n) is 27.5. The second kappa shape index (κ2) is 13.0. The molecule has 0 saturated carbocycles. The molecule has 0 amide bonds. The summed E-state index contributed by atoms with van der Waals surface area (Å²) in [6.45, 7) is 10.3. The van der Waals surface area contributed by atoms with E-state index in [1.807, 2.05) is 20.8 Å². The van der Waals surface area contributed by atoms with Crippen LogP contribution in [-0.4, -0.2) is 82.0 Å². The number of piperazine rings is 1. The average molecular weight is 634 g/mol. The van der Waals surface area contributed by atoms with Crippen LogP contribution in [0, 0.1) is 25.2 Å². The van der Waals surface area contributed by atoms with E-state index in [0.717, 1.165) is 33.4 Å². The van der Waals surface area contributed by atoms with Gasteiger partial charge in [0.1, 0.15) is 25.0 Å². The zero-order valence-corrected chi connectivity index (χ0v) is 27.5. The predicted octanol–water partition coefficient (Wildman–Crippen LogP) is 4.70. The molecular formula is C35H43N3O8. The van der Waals surface area contributed by atoms with E-state index in [4.69, 9.17) is 33.2 Å². The summed E-state index contributed by atoms with van der Waals surface area (Å²) in [5, 5.41) is 10.9. The first-order chi connectivity index (χ1) is 22.3. The Balaban J connectivity index is 1.59. The van der Waals surface area contributed by atoms with Gasteiger partial charge in [0.15, 0.2) is 29.8 Å². The number of nitriles is 1. The van der Waals surface area contributed by atoms with Crippen molar-refractivity contribution in [2.45, 2.75) is 76.7 Å². The second-order valence-corrected chi connectivity index (χ2v) is 12.3. The molecule has 4 aliphatic rings. The maximum atomic E-state index is 12.8. The largest absolute Gasteiger partial charge is 0.493 e. The first-order valence-corrected chi connectivity index (χ1v) is 15.9. The highest BCUT2D eigenvalue weighted by atomic mass is 16.7. The van der Waals surface area contributed by atoms with Gasteiger partial charge in [-0.1, -0.05) is 25.6 Å². The van der Waals surface area contributed by atoms with E-state index < -0.39 is 12.1 Å². The summed E-state index contributed by atoms with van der Waals surface area (Å²) >= 11 is 0. The molecule has 6 rings (SSSR count). The van der Waals surface area contributed by atoms with Crippen LogP contribution in [0.1, 0.15) is 65.2 Å². The fourth-order valence-corrected chi connectivity index (χ4v) is 8.01. The van der Waals surface area contributed by atoms with E-state index in [2.05, 4.69) is 35.6 Å². The third kappa shape index (κ3) is 5.03. The molecule has 2 aromatic rings. The molecular weight excluding hydrogens is 590 g/mol. The Bertz CT molecular complexity index is 1570. The normalized spacial score (nSPS) is 24.2. The van der Waals surface area contributed by atoms with Gasteiger partial charge in [0.05, 0.1) is 25.3 Å². The lowest BCUT2D eigenvalue weighted by atomic mass is 9.71. The Morgan fingerprint density at radius 2 is 1.89 bits per heavy atom. The molecule has 1 unspecified atom stereocenters. The second-order valence-electron chi connectivity index (χ2n) is 12.3. The number of carbonyl (C=O) groups is 1. The minimum Gasteiger partial charge on any atom is -0.493 e. The molecule has 2 aromatic carbocycles. The van der Waals surface area contributed by atoms with Crippen molar-refractivity contribution in [1.82, 2.24) is 9.80 Å². The fourth-order valence-electron chi connectivity index (χ4n) is 8.01. The van der Waals surface area contributed by atoms with Crippen molar-refractivity contribution in [3.05, 3.63) is 52.1 Å². The number of nitrogens with zero attached hydrogens (tertiary/aromatic N) is 3. The molecule has 246 valence electrons. The van der Waals surface area contributed by atoms with Crippen LogP contribution in [0.2, 0.25) is 0 Å². The summed E-state index contributed by atoms with van der Waals surface area (Å²) in [5.41, 5.74) is 5.74. The van der Waals surface area contributed by atoms with Crippen LogP contribution in [-0.2, 0) is 27.1 Å². The van der Waals surface area contributed by atoms with Crippen molar-refractivity contribution >= 4 is 5.97 Å². The van der Waals surface area contributed by atoms with Gasteiger partial charge in [-0.25, -0.2) is 0 Å². The Morgan fingerprint density at radius 3 is 2.59 bits per heavy atom. The first-order valence-electron chi connectivity index (χ1n) is 15.9. The minimum absolute atomic E-state index is 0.0561. The van der Waals surface area contributed by atoms with Crippen LogP contribution in [0.5, 0.6) is 28.7 Å². The van der Waals surface area contributed by atoms with Crippen LogP contribution in [0.25, 0.3) is 0 Å². The number of esters is 1. The van der Waals surface area contributed by atoms with Gasteiger partial charge in [-0.15, -0.1) is 0 Å². The number of carbonyl (C=O) groups excluding carboxylic acids is 1. The van der Waals surface area contributed by atoms with Crippen molar-refractivity contribution in [1.29, 1.82) is 5.26 Å². The molecule has 46 heavy (non-hydrogen) atoms. The number of hydrogen-bond acceptors (Lipinski definition) is 11. The maximum Gasteiger partial charge on any atom is 0.305 e. The van der Waals surface area contributed by atoms with Crippen LogP contribution >= 0.6 is 0 Å². The maximum absolute atomic E-state index is 12.8. The van der Waals surface area contributed by atoms with Crippen LogP contribution in [0.15, 0.2) is 18.7 Å². The number of fused-ring (bicyclic) bond motifs is 9. The molecule has 0 spiro atoms. The summed E-state index contributed by atoms with van der Waals surface area (Å²) in [4.78, 5) is 17.4. The molecule has 1 saturated heterocycles. The smallest absolute Gasteiger partial charge is 0.305 e. The topological polar surface area (TPSA) is 112 Å². The van der Waals surface area contributed by atoms with Crippen molar-refractivity contribution in [2.75, 3.05) is 48.1 Å². The van der Waals surface area contributed by atoms with Gasteiger partial charge in [0.25, 0.3) is 0 Å². The van der Waals surface area contributed by atoms with Gasteiger partial charge in [-0.3, -0.25) is 14.6 Å². The molecule has 2 bridgehead atoms. The van der Waals surface area contributed by atoms with E-state index in [9.17, 15) is 10.1 Å². The molecule has 0 N–H and O–H groups in total. The molecule has 0 radical (unpaired) electrons. The van der Waals surface area contributed by atoms with Crippen LogP contribution < -0.4 is 23.7 Å². The number of likely N-dealkylation sites (N-methyl/N-ethyl adjacent to an activating group) is 1. The lowest BCUT2D eigenvalue weighted by Crippen LogP contribution is -2.68. The highest BCUT2D eigenvalue weighted by Gasteiger charge is 2.57. The van der Waals surface area contributed by atoms with Crippen molar-refractivity contribution in [3.63, 3.8) is 0 Å². The summed E-state index contributed by atoms with van der Waals surface area (Å²) in [5.74, 6) is 2.97. The SMILES string of the molecule is C=CCOc1c(C)c2c(c3c1CC1[C@H]4c5c(cc(C)c(OC)c5OCOC)C[C@@H]([C@H](C#N)N1[C@H]3COC(=O)CCC)N4C)OCO2. The van der Waals surface area contributed by atoms with E-state index in [0.29, 0.717) is 61.0 Å².